The number of nitro groups is 1. The van der Waals surface area contributed by atoms with Crippen LogP contribution in [-0.2, 0) is 6.54 Å². The van der Waals surface area contributed by atoms with Crippen molar-refractivity contribution in [2.75, 3.05) is 5.43 Å². The summed E-state index contributed by atoms with van der Waals surface area (Å²) >= 11 is 0. The van der Waals surface area contributed by atoms with E-state index in [4.69, 9.17) is 0 Å². The topological polar surface area (TPSA) is 102 Å². The molecule has 0 aliphatic heterocycles. The van der Waals surface area contributed by atoms with Crippen molar-refractivity contribution in [3.8, 4) is 0 Å². The Hall–Kier alpha value is -4.33. The van der Waals surface area contributed by atoms with Crippen LogP contribution in [-0.4, -0.2) is 20.7 Å². The number of para-hydroxylation sites is 2. The number of nitrogens with zero attached hydrogens (tertiary/aromatic N) is 4. The fourth-order valence-electron chi connectivity index (χ4n) is 3.09. The highest BCUT2D eigenvalue weighted by molar-refractivity contribution is 5.85. The smallest absolute Gasteiger partial charge is 0.272 e. The summed E-state index contributed by atoms with van der Waals surface area (Å²) in [4.78, 5) is 28.3. The van der Waals surface area contributed by atoms with Crippen LogP contribution >= 0.6 is 0 Å². The van der Waals surface area contributed by atoms with Crippen LogP contribution in [0, 0.1) is 10.1 Å². The number of fused-ring (bicyclic) bond motifs is 1. The third-order valence-electron chi connectivity index (χ3n) is 4.55. The Bertz CT molecular complexity index is 1300. The largest absolute Gasteiger partial charge is 0.278 e. The van der Waals surface area contributed by atoms with E-state index >= 15 is 0 Å². The standard InChI is InChI=1S/C22H17N5O3/c28-21-18-11-5-6-12-19(18)24-22(26(21)15-16-8-2-1-3-9-16)25-23-14-17-10-4-7-13-20(17)27(29)30/h1-14H,15H2,(H,24,25)/b23-14+. The summed E-state index contributed by atoms with van der Waals surface area (Å²) < 4.78 is 1.49. The Kier molecular flexibility index (Phi) is 5.29. The fraction of sp³-hybridized carbons (Fsp3) is 0.0455. The molecule has 0 saturated carbocycles. The Labute approximate surface area is 171 Å². The van der Waals surface area contributed by atoms with Crippen molar-refractivity contribution in [3.63, 3.8) is 0 Å². The highest BCUT2D eigenvalue weighted by atomic mass is 16.6. The first kappa shape index (κ1) is 19.0. The molecule has 30 heavy (non-hydrogen) atoms. The molecular weight excluding hydrogens is 382 g/mol. The second kappa shape index (κ2) is 8.36. The van der Waals surface area contributed by atoms with Crippen LogP contribution in [0.3, 0.4) is 0 Å². The lowest BCUT2D eigenvalue weighted by molar-refractivity contribution is -0.385. The van der Waals surface area contributed by atoms with E-state index in [1.807, 2.05) is 30.3 Å². The van der Waals surface area contributed by atoms with Crippen LogP contribution < -0.4 is 11.0 Å². The molecule has 0 spiro atoms. The Morgan fingerprint density at radius 1 is 1.00 bits per heavy atom. The molecule has 4 aromatic rings. The highest BCUT2D eigenvalue weighted by Crippen LogP contribution is 2.16. The number of aromatic nitrogens is 2. The van der Waals surface area contributed by atoms with Gasteiger partial charge in [-0.2, -0.15) is 5.10 Å². The van der Waals surface area contributed by atoms with Gasteiger partial charge in [0.2, 0.25) is 5.95 Å². The van der Waals surface area contributed by atoms with Gasteiger partial charge in [-0.05, 0) is 23.8 Å². The lowest BCUT2D eigenvalue weighted by Crippen LogP contribution is -2.24. The third-order valence-corrected chi connectivity index (χ3v) is 4.55. The molecule has 0 amide bonds. The minimum absolute atomic E-state index is 0.0591. The van der Waals surface area contributed by atoms with E-state index in [0.29, 0.717) is 23.0 Å². The van der Waals surface area contributed by atoms with E-state index in [1.54, 1.807) is 42.5 Å². The molecule has 1 N–H and O–H groups in total. The van der Waals surface area contributed by atoms with Crippen molar-refractivity contribution in [1.82, 2.24) is 9.55 Å². The number of nitro benzene ring substituents is 1. The molecular formula is C22H17N5O3. The first-order chi connectivity index (χ1) is 14.6. The molecule has 0 aliphatic carbocycles. The van der Waals surface area contributed by atoms with Gasteiger partial charge in [0.1, 0.15) is 0 Å². The fourth-order valence-corrected chi connectivity index (χ4v) is 3.09. The van der Waals surface area contributed by atoms with E-state index in [-0.39, 0.29) is 17.2 Å². The van der Waals surface area contributed by atoms with Gasteiger partial charge in [-0.1, -0.05) is 54.6 Å². The predicted molar refractivity (Wildman–Crippen MR) is 116 cm³/mol. The summed E-state index contributed by atoms with van der Waals surface area (Å²) in [6.45, 7) is 0.306. The van der Waals surface area contributed by atoms with Crippen LogP contribution in [0.1, 0.15) is 11.1 Å². The van der Waals surface area contributed by atoms with Gasteiger partial charge in [-0.25, -0.2) is 10.4 Å². The monoisotopic (exact) mass is 399 g/mol. The first-order valence-corrected chi connectivity index (χ1v) is 9.19. The van der Waals surface area contributed by atoms with Crippen molar-refractivity contribution in [2.24, 2.45) is 5.10 Å². The molecule has 0 fully saturated rings. The van der Waals surface area contributed by atoms with Crippen LogP contribution in [0.25, 0.3) is 10.9 Å². The predicted octanol–water partition coefficient (Wildman–Crippen LogP) is 3.80. The quantitative estimate of drug-likeness (QED) is 0.302. The number of hydrogen-bond donors (Lipinski definition) is 1. The Morgan fingerprint density at radius 2 is 1.70 bits per heavy atom. The zero-order valence-electron chi connectivity index (χ0n) is 15.8. The van der Waals surface area contributed by atoms with E-state index in [9.17, 15) is 14.9 Å². The summed E-state index contributed by atoms with van der Waals surface area (Å²) in [6, 6.07) is 22.9. The molecule has 8 heteroatoms. The normalized spacial score (nSPS) is 11.1. The lowest BCUT2D eigenvalue weighted by Gasteiger charge is -2.12. The zero-order valence-corrected chi connectivity index (χ0v) is 15.8. The van der Waals surface area contributed by atoms with E-state index in [0.717, 1.165) is 5.56 Å². The SMILES string of the molecule is O=c1c2ccccc2nc(N/N=C/c2ccccc2[N+](=O)[O-])n1Cc1ccccc1. The van der Waals surface area contributed by atoms with Crippen molar-refractivity contribution >= 4 is 28.8 Å². The zero-order chi connectivity index (χ0) is 20.9. The number of anilines is 1. The Morgan fingerprint density at radius 3 is 2.50 bits per heavy atom. The highest BCUT2D eigenvalue weighted by Gasteiger charge is 2.12. The van der Waals surface area contributed by atoms with Crippen molar-refractivity contribution in [3.05, 3.63) is 110 Å². The van der Waals surface area contributed by atoms with Crippen molar-refractivity contribution in [2.45, 2.75) is 6.54 Å². The molecule has 0 bridgehead atoms. The average molecular weight is 399 g/mol. The summed E-state index contributed by atoms with van der Waals surface area (Å²) in [7, 11) is 0. The average Bonchev–Trinajstić information content (AvgIpc) is 2.77. The van der Waals surface area contributed by atoms with Gasteiger partial charge in [-0.15, -0.1) is 0 Å². The number of nitrogens with one attached hydrogen (secondary N) is 1. The first-order valence-electron chi connectivity index (χ1n) is 9.19. The molecule has 0 saturated heterocycles. The van der Waals surface area contributed by atoms with E-state index in [2.05, 4.69) is 15.5 Å². The maximum absolute atomic E-state index is 13.1. The van der Waals surface area contributed by atoms with Gasteiger partial charge >= 0.3 is 0 Å². The van der Waals surface area contributed by atoms with E-state index < -0.39 is 4.92 Å². The van der Waals surface area contributed by atoms with Crippen molar-refractivity contribution in [1.29, 1.82) is 0 Å². The van der Waals surface area contributed by atoms with Crippen LogP contribution in [0.2, 0.25) is 0 Å². The second-order valence-electron chi connectivity index (χ2n) is 6.52. The van der Waals surface area contributed by atoms with Crippen LogP contribution in [0.4, 0.5) is 11.6 Å². The van der Waals surface area contributed by atoms with Crippen LogP contribution in [0.5, 0.6) is 0 Å². The summed E-state index contributed by atoms with van der Waals surface area (Å²) in [5.74, 6) is 0.248. The number of benzene rings is 3. The van der Waals surface area contributed by atoms with Gasteiger partial charge in [0.05, 0.1) is 34.1 Å². The summed E-state index contributed by atoms with van der Waals surface area (Å²) in [5, 5.41) is 15.8. The summed E-state index contributed by atoms with van der Waals surface area (Å²) in [5.41, 5.74) is 4.33. The molecule has 3 aromatic carbocycles. The number of hydrazone groups is 1. The van der Waals surface area contributed by atoms with Crippen LogP contribution in [0.15, 0.2) is 88.8 Å². The second-order valence-corrected chi connectivity index (χ2v) is 6.52. The van der Waals surface area contributed by atoms with Gasteiger partial charge in [-0.3, -0.25) is 19.5 Å². The van der Waals surface area contributed by atoms with Gasteiger partial charge < -0.3 is 0 Å². The van der Waals surface area contributed by atoms with Crippen molar-refractivity contribution < 1.29 is 4.92 Å². The number of rotatable bonds is 6. The molecule has 0 aliphatic rings. The molecule has 0 unspecified atom stereocenters. The minimum Gasteiger partial charge on any atom is -0.272 e. The molecule has 8 nitrogen and oxygen atoms in total. The third kappa shape index (κ3) is 3.93. The summed E-state index contributed by atoms with van der Waals surface area (Å²) in [6.07, 6.45) is 1.34. The van der Waals surface area contributed by atoms with Gasteiger partial charge in [0.15, 0.2) is 0 Å². The van der Waals surface area contributed by atoms with Gasteiger partial charge in [0.25, 0.3) is 11.2 Å². The van der Waals surface area contributed by atoms with Gasteiger partial charge in [0, 0.05) is 6.07 Å². The Balaban J connectivity index is 1.73. The van der Waals surface area contributed by atoms with E-state index in [1.165, 1.54) is 16.8 Å². The number of hydrogen-bond acceptors (Lipinski definition) is 6. The molecule has 4 rings (SSSR count). The molecule has 0 radical (unpaired) electrons. The maximum atomic E-state index is 13.1. The maximum Gasteiger partial charge on any atom is 0.278 e. The molecule has 148 valence electrons. The minimum atomic E-state index is -0.471. The lowest BCUT2D eigenvalue weighted by atomic mass is 10.2. The molecule has 1 aromatic heterocycles. The molecule has 0 atom stereocenters. The molecule has 1 heterocycles.